The zero-order chi connectivity index (χ0) is 13.5. The molecule has 0 aromatic carbocycles. The number of likely N-dealkylation sites (tertiary alicyclic amines) is 1. The van der Waals surface area contributed by atoms with E-state index in [4.69, 9.17) is 0 Å². The van der Waals surface area contributed by atoms with E-state index in [0.717, 1.165) is 64.7 Å². The third-order valence-electron chi connectivity index (χ3n) is 3.95. The number of rotatable bonds is 6. The van der Waals surface area contributed by atoms with Gasteiger partial charge in [0.2, 0.25) is 11.8 Å². The molecule has 2 saturated heterocycles. The summed E-state index contributed by atoms with van der Waals surface area (Å²) in [5.41, 5.74) is 0. The number of piperidine rings is 1. The largest absolute Gasteiger partial charge is 0.355 e. The van der Waals surface area contributed by atoms with Crippen LogP contribution >= 0.6 is 0 Å². The maximum atomic E-state index is 11.7. The molecule has 2 rings (SSSR count). The molecule has 19 heavy (non-hydrogen) atoms. The van der Waals surface area contributed by atoms with Gasteiger partial charge in [-0.05, 0) is 45.1 Å². The van der Waals surface area contributed by atoms with Gasteiger partial charge in [0.25, 0.3) is 0 Å². The molecule has 5 heteroatoms. The second-order valence-electron chi connectivity index (χ2n) is 5.48. The maximum Gasteiger partial charge on any atom is 0.237 e. The van der Waals surface area contributed by atoms with E-state index in [1.165, 1.54) is 0 Å². The van der Waals surface area contributed by atoms with E-state index in [1.54, 1.807) is 0 Å². The molecule has 5 nitrogen and oxygen atoms in total. The molecule has 2 aliphatic rings. The Kier molecular flexibility index (Phi) is 5.63. The number of hydrogen-bond acceptors (Lipinski definition) is 3. The molecule has 0 aromatic heterocycles. The van der Waals surface area contributed by atoms with Crippen LogP contribution in [0.15, 0.2) is 0 Å². The molecule has 108 valence electrons. The molecule has 0 aliphatic carbocycles. The van der Waals surface area contributed by atoms with Crippen LogP contribution in [0, 0.1) is 0 Å². The van der Waals surface area contributed by atoms with E-state index in [0.29, 0.717) is 12.3 Å². The highest BCUT2D eigenvalue weighted by Crippen LogP contribution is 2.11. The first-order valence-electron chi connectivity index (χ1n) is 7.56. The van der Waals surface area contributed by atoms with Gasteiger partial charge in [0.05, 0.1) is 6.04 Å². The summed E-state index contributed by atoms with van der Waals surface area (Å²) in [7, 11) is 0. The monoisotopic (exact) mass is 267 g/mol. The lowest BCUT2D eigenvalue weighted by molar-refractivity contribution is -0.133. The van der Waals surface area contributed by atoms with Gasteiger partial charge in [-0.2, -0.15) is 0 Å². The van der Waals surface area contributed by atoms with Gasteiger partial charge in [0.15, 0.2) is 0 Å². The quantitative estimate of drug-likeness (QED) is 0.695. The highest BCUT2D eigenvalue weighted by Gasteiger charge is 2.21. The first-order chi connectivity index (χ1) is 9.27. The minimum atomic E-state index is 0.0173. The Morgan fingerprint density at radius 2 is 2.21 bits per heavy atom. The second-order valence-corrected chi connectivity index (χ2v) is 5.48. The molecule has 0 radical (unpaired) electrons. The summed E-state index contributed by atoms with van der Waals surface area (Å²) in [6.45, 7) is 3.43. The van der Waals surface area contributed by atoms with Crippen molar-refractivity contribution in [1.29, 1.82) is 0 Å². The van der Waals surface area contributed by atoms with Crippen LogP contribution in [0.1, 0.15) is 44.9 Å². The van der Waals surface area contributed by atoms with Gasteiger partial charge in [-0.1, -0.05) is 0 Å². The molecule has 0 saturated carbocycles. The number of carbonyl (C=O) groups excluding carboxylic acids is 2. The summed E-state index contributed by atoms with van der Waals surface area (Å²) in [6.07, 6.45) is 6.86. The minimum absolute atomic E-state index is 0.0173. The number of hydrogen-bond donors (Lipinski definition) is 2. The van der Waals surface area contributed by atoms with Crippen molar-refractivity contribution in [1.82, 2.24) is 15.5 Å². The molecule has 0 bridgehead atoms. The lowest BCUT2D eigenvalue weighted by atomic mass is 10.1. The third-order valence-corrected chi connectivity index (χ3v) is 3.95. The van der Waals surface area contributed by atoms with Gasteiger partial charge in [0.1, 0.15) is 0 Å². The van der Waals surface area contributed by atoms with Crippen molar-refractivity contribution < 1.29 is 9.59 Å². The zero-order valence-corrected chi connectivity index (χ0v) is 11.6. The molecular formula is C14H25N3O2. The van der Waals surface area contributed by atoms with Crippen LogP contribution in [0.4, 0.5) is 0 Å². The van der Waals surface area contributed by atoms with Crippen LogP contribution in [-0.4, -0.2) is 48.9 Å². The van der Waals surface area contributed by atoms with Gasteiger partial charge >= 0.3 is 0 Å². The molecule has 2 amide bonds. The third kappa shape index (κ3) is 4.49. The van der Waals surface area contributed by atoms with Crippen LogP contribution in [-0.2, 0) is 9.59 Å². The maximum absolute atomic E-state index is 11.7. The first kappa shape index (κ1) is 14.3. The van der Waals surface area contributed by atoms with Crippen LogP contribution in [0.2, 0.25) is 0 Å². The average Bonchev–Trinajstić information content (AvgIpc) is 2.94. The van der Waals surface area contributed by atoms with E-state index in [2.05, 4.69) is 10.6 Å². The van der Waals surface area contributed by atoms with Crippen molar-refractivity contribution in [2.24, 2.45) is 0 Å². The molecule has 2 aliphatic heterocycles. The van der Waals surface area contributed by atoms with Crippen molar-refractivity contribution in [2.45, 2.75) is 51.0 Å². The lowest BCUT2D eigenvalue weighted by Crippen LogP contribution is -2.41. The lowest BCUT2D eigenvalue weighted by Gasteiger charge is -2.26. The average molecular weight is 267 g/mol. The first-order valence-corrected chi connectivity index (χ1v) is 7.56. The molecule has 2 heterocycles. The topological polar surface area (TPSA) is 61.4 Å². The van der Waals surface area contributed by atoms with E-state index in [9.17, 15) is 9.59 Å². The molecule has 2 fully saturated rings. The van der Waals surface area contributed by atoms with Gasteiger partial charge in [-0.15, -0.1) is 0 Å². The fraction of sp³-hybridized carbons (Fsp3) is 0.857. The number of carbonyl (C=O) groups is 2. The van der Waals surface area contributed by atoms with E-state index >= 15 is 0 Å². The van der Waals surface area contributed by atoms with Crippen molar-refractivity contribution in [3.63, 3.8) is 0 Å². The van der Waals surface area contributed by atoms with Crippen molar-refractivity contribution in [3.8, 4) is 0 Å². The predicted molar refractivity (Wildman–Crippen MR) is 73.7 cm³/mol. The van der Waals surface area contributed by atoms with Crippen molar-refractivity contribution in [3.05, 3.63) is 0 Å². The summed E-state index contributed by atoms with van der Waals surface area (Å²) >= 11 is 0. The number of unbranched alkanes of at least 4 members (excludes halogenated alkanes) is 1. The highest BCUT2D eigenvalue weighted by atomic mass is 16.2. The Labute approximate surface area is 115 Å². The summed E-state index contributed by atoms with van der Waals surface area (Å²) < 4.78 is 0. The van der Waals surface area contributed by atoms with Crippen LogP contribution in [0.3, 0.4) is 0 Å². The Balaban J connectivity index is 1.51. The molecule has 2 N–H and O–H groups in total. The standard InChI is InChI=1S/C14H25N3O2/c18-13-7-1-3-10-17(13)11-4-2-8-16-14(19)12-6-5-9-15-12/h12,15H,1-11H2,(H,16,19)/t12-/m1/s1. The summed E-state index contributed by atoms with van der Waals surface area (Å²) in [5, 5.41) is 6.16. The zero-order valence-electron chi connectivity index (χ0n) is 11.6. The molecule has 0 unspecified atom stereocenters. The van der Waals surface area contributed by atoms with Gasteiger partial charge in [-0.3, -0.25) is 9.59 Å². The minimum Gasteiger partial charge on any atom is -0.355 e. The Bertz CT molecular complexity index is 314. The predicted octanol–water partition coefficient (Wildman–Crippen LogP) is 0.647. The van der Waals surface area contributed by atoms with E-state index < -0.39 is 0 Å². The summed E-state index contributed by atoms with van der Waals surface area (Å²) in [4.78, 5) is 25.3. The van der Waals surface area contributed by atoms with E-state index in [1.807, 2.05) is 4.90 Å². The van der Waals surface area contributed by atoms with Crippen LogP contribution < -0.4 is 10.6 Å². The van der Waals surface area contributed by atoms with E-state index in [-0.39, 0.29) is 11.9 Å². The number of nitrogens with zero attached hydrogens (tertiary/aromatic N) is 1. The summed E-state index contributed by atoms with van der Waals surface area (Å²) in [5.74, 6) is 0.428. The van der Waals surface area contributed by atoms with Gasteiger partial charge in [-0.25, -0.2) is 0 Å². The van der Waals surface area contributed by atoms with Gasteiger partial charge in [0, 0.05) is 26.1 Å². The Morgan fingerprint density at radius 1 is 1.32 bits per heavy atom. The Hall–Kier alpha value is -1.10. The fourth-order valence-corrected chi connectivity index (χ4v) is 2.77. The fourth-order valence-electron chi connectivity index (χ4n) is 2.77. The molecule has 0 aromatic rings. The van der Waals surface area contributed by atoms with Crippen LogP contribution in [0.25, 0.3) is 0 Å². The summed E-state index contributed by atoms with van der Waals surface area (Å²) in [6, 6.07) is 0.0173. The second kappa shape index (κ2) is 7.48. The highest BCUT2D eigenvalue weighted by molar-refractivity contribution is 5.81. The number of amides is 2. The van der Waals surface area contributed by atoms with Gasteiger partial charge < -0.3 is 15.5 Å². The molecule has 1 atom stereocenters. The molecule has 0 spiro atoms. The number of nitrogens with one attached hydrogen (secondary N) is 2. The smallest absolute Gasteiger partial charge is 0.237 e. The van der Waals surface area contributed by atoms with Crippen molar-refractivity contribution in [2.75, 3.05) is 26.2 Å². The van der Waals surface area contributed by atoms with Crippen molar-refractivity contribution >= 4 is 11.8 Å². The molecular weight excluding hydrogens is 242 g/mol. The Morgan fingerprint density at radius 3 is 2.95 bits per heavy atom. The SMILES string of the molecule is O=C(NCCCCN1CCCCC1=O)[C@H]1CCCN1. The van der Waals surface area contributed by atoms with Crippen LogP contribution in [0.5, 0.6) is 0 Å². The normalized spacial score (nSPS) is 23.7.